The van der Waals surface area contributed by atoms with E-state index >= 15 is 0 Å². The van der Waals surface area contributed by atoms with E-state index in [0.717, 1.165) is 62.8 Å². The first kappa shape index (κ1) is 27.7. The number of imidazole rings is 1. The van der Waals surface area contributed by atoms with E-state index in [-0.39, 0.29) is 28.6 Å². The van der Waals surface area contributed by atoms with Gasteiger partial charge in [0, 0.05) is 54.1 Å². The molecule has 4 heterocycles. The summed E-state index contributed by atoms with van der Waals surface area (Å²) in [4.78, 5) is 41.1. The Hall–Kier alpha value is -4.48. The third-order valence-corrected chi connectivity index (χ3v) is 8.41. The Morgan fingerprint density at radius 2 is 1.83 bits per heavy atom. The molecule has 42 heavy (non-hydrogen) atoms. The van der Waals surface area contributed by atoms with E-state index in [0.29, 0.717) is 29.1 Å². The molecule has 2 fully saturated rings. The minimum atomic E-state index is -4.55. The van der Waals surface area contributed by atoms with Crippen LogP contribution in [-0.2, 0) is 11.0 Å². The number of nitrogen functional groups attached to an aromatic ring is 1. The largest absolute Gasteiger partial charge is 0.416 e. The number of pyridine rings is 1. The molecule has 1 aromatic carbocycles. The number of halogens is 3. The van der Waals surface area contributed by atoms with Crippen LogP contribution < -0.4 is 11.1 Å². The van der Waals surface area contributed by atoms with E-state index in [4.69, 9.17) is 10.7 Å². The van der Waals surface area contributed by atoms with E-state index in [1.165, 1.54) is 0 Å². The van der Waals surface area contributed by atoms with Gasteiger partial charge in [0.2, 0.25) is 5.91 Å². The molecule has 218 valence electrons. The first-order chi connectivity index (χ1) is 20.0. The lowest BCUT2D eigenvalue weighted by Crippen LogP contribution is -2.49. The zero-order chi connectivity index (χ0) is 29.6. The molecule has 1 saturated heterocycles. The van der Waals surface area contributed by atoms with Crippen LogP contribution in [0.3, 0.4) is 0 Å². The van der Waals surface area contributed by atoms with Crippen LogP contribution in [0.5, 0.6) is 0 Å². The summed E-state index contributed by atoms with van der Waals surface area (Å²) in [5.41, 5.74) is 7.30. The summed E-state index contributed by atoms with van der Waals surface area (Å²) in [5, 5.41) is 2.42. The molecule has 1 aliphatic carbocycles. The molecule has 12 heteroatoms. The summed E-state index contributed by atoms with van der Waals surface area (Å²) < 4.78 is 41.0. The highest BCUT2D eigenvalue weighted by atomic mass is 19.4. The van der Waals surface area contributed by atoms with Crippen LogP contribution in [0.2, 0.25) is 0 Å². The quantitative estimate of drug-likeness (QED) is 0.322. The Morgan fingerprint density at radius 1 is 1.07 bits per heavy atom. The second-order valence-corrected chi connectivity index (χ2v) is 11.3. The number of hydrogen-bond acceptors (Lipinski definition) is 6. The van der Waals surface area contributed by atoms with Crippen molar-refractivity contribution < 1.29 is 22.8 Å². The number of alkyl halides is 3. The molecule has 9 nitrogen and oxygen atoms in total. The number of anilines is 2. The number of carbonyl (C=O) groups is 2. The topological polar surface area (TPSA) is 119 Å². The van der Waals surface area contributed by atoms with Crippen molar-refractivity contribution >= 4 is 29.0 Å². The molecule has 1 aliphatic heterocycles. The molecule has 4 aromatic rings. The van der Waals surface area contributed by atoms with Crippen LogP contribution in [-0.4, -0.2) is 49.2 Å². The van der Waals surface area contributed by atoms with Gasteiger partial charge in [-0.3, -0.25) is 14.0 Å². The molecule has 1 unspecified atom stereocenters. The molecule has 0 radical (unpaired) electrons. The molecule has 0 bridgehead atoms. The van der Waals surface area contributed by atoms with Crippen molar-refractivity contribution in [1.82, 2.24) is 24.3 Å². The number of carbonyl (C=O) groups excluding carboxylic acids is 2. The zero-order valence-electron chi connectivity index (χ0n) is 23.0. The molecule has 3 N–H and O–H groups in total. The minimum absolute atomic E-state index is 0.0134. The van der Waals surface area contributed by atoms with E-state index in [2.05, 4.69) is 22.2 Å². The summed E-state index contributed by atoms with van der Waals surface area (Å²) >= 11 is 0. The number of nitrogens with one attached hydrogen (secondary N) is 1. The monoisotopic (exact) mass is 577 g/mol. The van der Waals surface area contributed by atoms with Crippen molar-refractivity contribution in [3.63, 3.8) is 0 Å². The second-order valence-electron chi connectivity index (χ2n) is 11.3. The van der Waals surface area contributed by atoms with Gasteiger partial charge in [-0.25, -0.2) is 15.0 Å². The third kappa shape index (κ3) is 5.05. The van der Waals surface area contributed by atoms with Gasteiger partial charge in [0.05, 0.1) is 5.56 Å². The third-order valence-electron chi connectivity index (χ3n) is 8.41. The lowest BCUT2D eigenvalue weighted by molar-refractivity contribution is -0.147. The molecule has 0 spiro atoms. The van der Waals surface area contributed by atoms with Gasteiger partial charge in [-0.2, -0.15) is 13.2 Å². The molecular formula is C30H30F3N7O2. The number of nitrogens with two attached hydrogens (primary N) is 1. The molecule has 2 amide bonds. The van der Waals surface area contributed by atoms with Gasteiger partial charge in [-0.15, -0.1) is 0 Å². The minimum Gasteiger partial charge on any atom is -0.382 e. The fourth-order valence-corrected chi connectivity index (χ4v) is 5.89. The zero-order valence-corrected chi connectivity index (χ0v) is 23.0. The highest BCUT2D eigenvalue weighted by molar-refractivity contribution is 6.04. The van der Waals surface area contributed by atoms with Crippen molar-refractivity contribution in [2.45, 2.75) is 51.1 Å². The van der Waals surface area contributed by atoms with Gasteiger partial charge in [0.25, 0.3) is 5.91 Å². The molecule has 1 atom stereocenters. The Balaban J connectivity index is 1.26. The van der Waals surface area contributed by atoms with E-state index in [9.17, 15) is 22.8 Å². The van der Waals surface area contributed by atoms with Crippen molar-refractivity contribution in [3.8, 4) is 11.3 Å². The maximum absolute atomic E-state index is 13.3. The molecule has 6 rings (SSSR count). The van der Waals surface area contributed by atoms with Gasteiger partial charge < -0.3 is 16.0 Å². The SMILES string of the molecule is CC1(C(=O)N2CCCC(c3nc(-c4ccc(C(=O)Nc5cc(C(F)(F)F)ccn5)cc4)c4c(N)nccn34)C2)CCC1. The number of nitrogens with zero attached hydrogens (tertiary/aromatic N) is 5. The van der Waals surface area contributed by atoms with Gasteiger partial charge in [0.15, 0.2) is 0 Å². The van der Waals surface area contributed by atoms with E-state index in [1.807, 2.05) is 15.5 Å². The summed E-state index contributed by atoms with van der Waals surface area (Å²) in [6.07, 6.45) is 4.58. The van der Waals surface area contributed by atoms with Gasteiger partial charge in [-0.05, 0) is 49.9 Å². The number of benzene rings is 1. The summed E-state index contributed by atoms with van der Waals surface area (Å²) in [5.74, 6) is 0.525. The van der Waals surface area contributed by atoms with Crippen LogP contribution in [0.15, 0.2) is 55.0 Å². The summed E-state index contributed by atoms with van der Waals surface area (Å²) in [6.45, 7) is 3.38. The fraction of sp³-hybridized carbons (Fsp3) is 0.367. The maximum atomic E-state index is 13.3. The molecule has 2 aliphatic rings. The van der Waals surface area contributed by atoms with Crippen LogP contribution in [0.25, 0.3) is 16.8 Å². The van der Waals surface area contributed by atoms with Crippen molar-refractivity contribution in [3.05, 3.63) is 71.9 Å². The first-order valence-electron chi connectivity index (χ1n) is 13.9. The normalized spacial score (nSPS) is 18.5. The predicted octanol–water partition coefficient (Wildman–Crippen LogP) is 5.54. The summed E-state index contributed by atoms with van der Waals surface area (Å²) in [6, 6.07) is 8.17. The Morgan fingerprint density at radius 3 is 2.52 bits per heavy atom. The van der Waals surface area contributed by atoms with Crippen LogP contribution >= 0.6 is 0 Å². The predicted molar refractivity (Wildman–Crippen MR) is 151 cm³/mol. The second kappa shape index (κ2) is 10.4. The Bertz CT molecular complexity index is 1660. The fourth-order valence-electron chi connectivity index (χ4n) is 5.89. The van der Waals surface area contributed by atoms with Crippen LogP contribution in [0.4, 0.5) is 24.8 Å². The van der Waals surface area contributed by atoms with Crippen LogP contribution in [0, 0.1) is 5.41 Å². The number of likely N-dealkylation sites (tertiary alicyclic amines) is 1. The lowest BCUT2D eigenvalue weighted by Gasteiger charge is -2.43. The number of amides is 2. The number of piperidine rings is 1. The lowest BCUT2D eigenvalue weighted by atomic mass is 9.69. The smallest absolute Gasteiger partial charge is 0.382 e. The molecule has 3 aromatic heterocycles. The van der Waals surface area contributed by atoms with Gasteiger partial charge >= 0.3 is 6.18 Å². The highest BCUT2D eigenvalue weighted by Gasteiger charge is 2.43. The van der Waals surface area contributed by atoms with Crippen molar-refractivity contribution in [1.29, 1.82) is 0 Å². The van der Waals surface area contributed by atoms with E-state index in [1.54, 1.807) is 30.5 Å². The standard InChI is InChI=1S/C30H30F3N7O2/c1-29(10-3-11-29)28(42)39-14-2-4-20(17-39)26-38-23(24-25(34)36-13-15-40(24)26)18-5-7-19(8-6-18)27(41)37-22-16-21(9-12-35-22)30(31,32)33/h5-9,12-13,15-16,20H,2-4,10-11,14,17H2,1H3,(H2,34,36)(H,35,37,41). The van der Waals surface area contributed by atoms with E-state index < -0.39 is 17.6 Å². The van der Waals surface area contributed by atoms with Crippen LogP contribution in [0.1, 0.15) is 66.7 Å². The molecular weight excluding hydrogens is 547 g/mol. The Kier molecular flexibility index (Phi) is 6.86. The number of fused-ring (bicyclic) bond motifs is 1. The number of aromatic nitrogens is 4. The highest BCUT2D eigenvalue weighted by Crippen LogP contribution is 2.43. The number of hydrogen-bond donors (Lipinski definition) is 2. The van der Waals surface area contributed by atoms with Gasteiger partial charge in [0.1, 0.15) is 28.7 Å². The summed E-state index contributed by atoms with van der Waals surface area (Å²) in [7, 11) is 0. The first-order valence-corrected chi connectivity index (χ1v) is 13.9. The average molecular weight is 578 g/mol. The number of rotatable bonds is 5. The van der Waals surface area contributed by atoms with Gasteiger partial charge in [-0.1, -0.05) is 25.5 Å². The van der Waals surface area contributed by atoms with Crippen molar-refractivity contribution in [2.24, 2.45) is 5.41 Å². The molecule has 1 saturated carbocycles. The Labute approximate surface area is 240 Å². The van der Waals surface area contributed by atoms with Crippen molar-refractivity contribution in [2.75, 3.05) is 24.1 Å². The maximum Gasteiger partial charge on any atom is 0.416 e. The average Bonchev–Trinajstić information content (AvgIpc) is 3.36.